The van der Waals surface area contributed by atoms with E-state index in [1.54, 1.807) is 0 Å². The van der Waals surface area contributed by atoms with E-state index < -0.39 is 0 Å². The minimum absolute atomic E-state index is 0.122. The van der Waals surface area contributed by atoms with Gasteiger partial charge in [0, 0.05) is 24.5 Å². The molecule has 1 fully saturated rings. The molecular formula is C22H32N4O3. The van der Waals surface area contributed by atoms with Gasteiger partial charge >= 0.3 is 6.09 Å². The Morgan fingerprint density at radius 2 is 1.90 bits per heavy atom. The van der Waals surface area contributed by atoms with Gasteiger partial charge in [-0.2, -0.15) is 0 Å². The quantitative estimate of drug-likeness (QED) is 0.547. The van der Waals surface area contributed by atoms with E-state index in [1.165, 1.54) is 0 Å². The van der Waals surface area contributed by atoms with E-state index in [1.807, 2.05) is 38.1 Å². The summed E-state index contributed by atoms with van der Waals surface area (Å²) in [5.41, 5.74) is 18.3. The first-order chi connectivity index (χ1) is 14.0. The summed E-state index contributed by atoms with van der Waals surface area (Å²) in [6, 6.07) is 7.84. The van der Waals surface area contributed by atoms with Crippen molar-refractivity contribution in [3.8, 4) is 0 Å². The highest BCUT2D eigenvalue weighted by molar-refractivity contribution is 5.70. The molecule has 1 unspecified atom stereocenters. The van der Waals surface area contributed by atoms with Crippen molar-refractivity contribution in [1.82, 2.24) is 10.6 Å². The molecule has 7 heteroatoms. The number of hydrogen-bond donors (Lipinski definition) is 4. The van der Waals surface area contributed by atoms with Crippen LogP contribution in [0.5, 0.6) is 0 Å². The molecule has 6 N–H and O–H groups in total. The van der Waals surface area contributed by atoms with Crippen LogP contribution in [0, 0.1) is 0 Å². The van der Waals surface area contributed by atoms with Gasteiger partial charge in [-0.1, -0.05) is 24.3 Å². The van der Waals surface area contributed by atoms with E-state index in [0.717, 1.165) is 52.9 Å². The summed E-state index contributed by atoms with van der Waals surface area (Å²) >= 11 is 0. The van der Waals surface area contributed by atoms with Crippen molar-refractivity contribution in [3.05, 3.63) is 52.2 Å². The lowest BCUT2D eigenvalue weighted by atomic mass is 9.86. The molecule has 0 aliphatic heterocycles. The van der Waals surface area contributed by atoms with Gasteiger partial charge in [0.2, 0.25) is 6.41 Å². The molecule has 158 valence electrons. The molecule has 0 spiro atoms. The predicted octanol–water partition coefficient (Wildman–Crippen LogP) is 2.91. The van der Waals surface area contributed by atoms with Gasteiger partial charge in [-0.15, -0.1) is 0 Å². The van der Waals surface area contributed by atoms with Crippen LogP contribution in [0.15, 0.2) is 41.1 Å². The maximum absolute atomic E-state index is 11.8. The zero-order chi connectivity index (χ0) is 21.2. The molecule has 1 atom stereocenters. The molecular weight excluding hydrogens is 368 g/mol. The summed E-state index contributed by atoms with van der Waals surface area (Å²) in [6.07, 6.45) is 4.05. The standard InChI is InChI=1S/C22H32N4O3/c1-3-26-22(28)29-18-5-4-6-20(19(12-11-18)15(2)23)21(24)17-9-7-16(8-10-17)13-25-14-27/h7-10,14,18H,3-6,11-13,23-24H2,1-2H3,(H,25,27)(H,26,28)/b19-15?,21-20-. The predicted molar refractivity (Wildman–Crippen MR) is 114 cm³/mol. The molecule has 1 aliphatic carbocycles. The van der Waals surface area contributed by atoms with Gasteiger partial charge in [-0.3, -0.25) is 4.79 Å². The number of benzene rings is 1. The molecule has 1 aromatic carbocycles. The molecule has 0 saturated heterocycles. The van der Waals surface area contributed by atoms with E-state index in [9.17, 15) is 9.59 Å². The Kier molecular flexibility index (Phi) is 8.58. The van der Waals surface area contributed by atoms with Gasteiger partial charge < -0.3 is 26.8 Å². The third kappa shape index (κ3) is 6.55. The Morgan fingerprint density at radius 1 is 1.17 bits per heavy atom. The molecule has 0 radical (unpaired) electrons. The minimum Gasteiger partial charge on any atom is -0.446 e. The maximum atomic E-state index is 11.8. The van der Waals surface area contributed by atoms with Crippen molar-refractivity contribution in [1.29, 1.82) is 0 Å². The van der Waals surface area contributed by atoms with Gasteiger partial charge in [0.05, 0.1) is 0 Å². The summed E-state index contributed by atoms with van der Waals surface area (Å²) in [5.74, 6) is 0. The third-order valence-corrected chi connectivity index (χ3v) is 5.08. The Labute approximate surface area is 172 Å². The van der Waals surface area contributed by atoms with Crippen molar-refractivity contribution >= 4 is 18.2 Å². The molecule has 0 bridgehead atoms. The first-order valence-electron chi connectivity index (χ1n) is 10.1. The molecule has 1 aliphatic rings. The van der Waals surface area contributed by atoms with Crippen LogP contribution in [-0.4, -0.2) is 25.2 Å². The van der Waals surface area contributed by atoms with Crippen molar-refractivity contribution in [2.75, 3.05) is 6.54 Å². The molecule has 1 saturated carbocycles. The molecule has 2 rings (SSSR count). The lowest BCUT2D eigenvalue weighted by Gasteiger charge is -2.25. The third-order valence-electron chi connectivity index (χ3n) is 5.08. The molecule has 0 heterocycles. The number of rotatable bonds is 6. The number of alkyl carbamates (subject to hydrolysis) is 1. The van der Waals surface area contributed by atoms with Crippen LogP contribution >= 0.6 is 0 Å². The van der Waals surface area contributed by atoms with Crippen LogP contribution in [0.3, 0.4) is 0 Å². The highest BCUT2D eigenvalue weighted by Crippen LogP contribution is 2.33. The van der Waals surface area contributed by atoms with Gasteiger partial charge in [0.25, 0.3) is 0 Å². The first kappa shape index (κ1) is 22.3. The molecule has 0 aromatic heterocycles. The topological polar surface area (TPSA) is 119 Å². The normalized spacial score (nSPS) is 20.7. The minimum atomic E-state index is -0.368. The van der Waals surface area contributed by atoms with Gasteiger partial charge in [0.1, 0.15) is 6.10 Å². The van der Waals surface area contributed by atoms with Crippen LogP contribution in [-0.2, 0) is 16.1 Å². The SMILES string of the molecule is CCNC(=O)OC1CCC/C(=C(/N)c2ccc(CNC=O)cc2)C(=C(C)N)CC1. The highest BCUT2D eigenvalue weighted by atomic mass is 16.6. The summed E-state index contributed by atoms with van der Waals surface area (Å²) in [5, 5.41) is 5.33. The Hall–Kier alpha value is -2.96. The van der Waals surface area contributed by atoms with Crippen LogP contribution in [0.1, 0.15) is 57.1 Å². The van der Waals surface area contributed by atoms with E-state index in [-0.39, 0.29) is 12.2 Å². The Balaban J connectivity index is 2.19. The number of carbonyl (C=O) groups excluding carboxylic acids is 2. The Morgan fingerprint density at radius 3 is 2.52 bits per heavy atom. The van der Waals surface area contributed by atoms with Crippen molar-refractivity contribution < 1.29 is 14.3 Å². The average molecular weight is 401 g/mol. The van der Waals surface area contributed by atoms with Crippen molar-refractivity contribution in [3.63, 3.8) is 0 Å². The van der Waals surface area contributed by atoms with E-state index in [0.29, 0.717) is 32.3 Å². The number of nitrogens with one attached hydrogen (secondary N) is 2. The fourth-order valence-electron chi connectivity index (χ4n) is 3.58. The van der Waals surface area contributed by atoms with Crippen LogP contribution in [0.25, 0.3) is 5.70 Å². The number of allylic oxidation sites excluding steroid dienone is 3. The zero-order valence-corrected chi connectivity index (χ0v) is 17.3. The second kappa shape index (κ2) is 11.1. The zero-order valence-electron chi connectivity index (χ0n) is 17.3. The lowest BCUT2D eigenvalue weighted by Crippen LogP contribution is -2.29. The van der Waals surface area contributed by atoms with Crippen LogP contribution < -0.4 is 22.1 Å². The summed E-state index contributed by atoms with van der Waals surface area (Å²) in [6.45, 7) is 4.79. The monoisotopic (exact) mass is 400 g/mol. The molecule has 2 amide bonds. The molecule has 1 aromatic rings. The molecule has 7 nitrogen and oxygen atoms in total. The fraction of sp³-hybridized carbons (Fsp3) is 0.455. The maximum Gasteiger partial charge on any atom is 0.407 e. The number of nitrogens with two attached hydrogens (primary N) is 2. The van der Waals surface area contributed by atoms with E-state index in [2.05, 4.69) is 10.6 Å². The van der Waals surface area contributed by atoms with Crippen LogP contribution in [0.2, 0.25) is 0 Å². The first-order valence-corrected chi connectivity index (χ1v) is 10.1. The molecule has 29 heavy (non-hydrogen) atoms. The number of amides is 2. The smallest absolute Gasteiger partial charge is 0.407 e. The number of hydrogen-bond acceptors (Lipinski definition) is 5. The summed E-state index contributed by atoms with van der Waals surface area (Å²) < 4.78 is 5.53. The number of ether oxygens (including phenoxy) is 1. The van der Waals surface area contributed by atoms with E-state index in [4.69, 9.17) is 16.2 Å². The van der Waals surface area contributed by atoms with E-state index >= 15 is 0 Å². The number of carbonyl (C=O) groups is 2. The highest BCUT2D eigenvalue weighted by Gasteiger charge is 2.22. The summed E-state index contributed by atoms with van der Waals surface area (Å²) in [4.78, 5) is 22.2. The largest absolute Gasteiger partial charge is 0.446 e. The van der Waals surface area contributed by atoms with Gasteiger partial charge in [-0.25, -0.2) is 4.79 Å². The van der Waals surface area contributed by atoms with Gasteiger partial charge in [0.15, 0.2) is 0 Å². The average Bonchev–Trinajstić information content (AvgIpc) is 2.68. The fourth-order valence-corrected chi connectivity index (χ4v) is 3.58. The second-order valence-corrected chi connectivity index (χ2v) is 7.24. The van der Waals surface area contributed by atoms with Crippen molar-refractivity contribution in [2.24, 2.45) is 11.5 Å². The van der Waals surface area contributed by atoms with Crippen molar-refractivity contribution in [2.45, 2.75) is 58.6 Å². The second-order valence-electron chi connectivity index (χ2n) is 7.24. The Bertz CT molecular complexity index is 765. The summed E-state index contributed by atoms with van der Waals surface area (Å²) in [7, 11) is 0. The van der Waals surface area contributed by atoms with Crippen LogP contribution in [0.4, 0.5) is 4.79 Å². The lowest BCUT2D eigenvalue weighted by molar-refractivity contribution is -0.109. The van der Waals surface area contributed by atoms with Gasteiger partial charge in [-0.05, 0) is 68.2 Å².